The molecule has 11 heteroatoms. The fraction of sp³-hybridized carbons (Fsp3) is 0.333. The summed E-state index contributed by atoms with van der Waals surface area (Å²) in [6, 6.07) is 0.591. The Bertz CT molecular complexity index is 545. The van der Waals surface area contributed by atoms with Gasteiger partial charge in [0.05, 0.1) is 25.2 Å². The average Bonchev–Trinajstić information content (AvgIpc) is 2.35. The third-order valence-electron chi connectivity index (χ3n) is 1.93. The van der Waals surface area contributed by atoms with Crippen molar-refractivity contribution >= 4 is 11.7 Å². The number of nitro groups is 1. The van der Waals surface area contributed by atoms with Crippen LogP contribution in [0.15, 0.2) is 6.07 Å². The quantitative estimate of drug-likeness (QED) is 0.473. The van der Waals surface area contributed by atoms with Crippen LogP contribution in [0.1, 0.15) is 10.5 Å². The monoisotopic (exact) mass is 296 g/mol. The summed E-state index contributed by atoms with van der Waals surface area (Å²) >= 11 is 0. The molecule has 8 nitrogen and oxygen atoms in total. The Hall–Kier alpha value is -2.59. The lowest BCUT2D eigenvalue weighted by Gasteiger charge is -2.12. The van der Waals surface area contributed by atoms with Crippen molar-refractivity contribution in [3.63, 3.8) is 0 Å². The van der Waals surface area contributed by atoms with Crippen LogP contribution in [0.4, 0.5) is 18.9 Å². The first-order chi connectivity index (χ1) is 9.19. The number of halogens is 3. The number of methoxy groups -OCH3 is 2. The van der Waals surface area contributed by atoms with E-state index in [-0.39, 0.29) is 0 Å². The molecular formula is C9H7F3N2O6. The van der Waals surface area contributed by atoms with Crippen LogP contribution >= 0.6 is 0 Å². The van der Waals surface area contributed by atoms with Gasteiger partial charge in [0.25, 0.3) is 0 Å². The lowest BCUT2D eigenvalue weighted by Crippen LogP contribution is -2.21. The molecule has 1 heterocycles. The van der Waals surface area contributed by atoms with E-state index in [2.05, 4.69) is 19.2 Å². The molecule has 0 bridgehead atoms. The van der Waals surface area contributed by atoms with Crippen molar-refractivity contribution in [2.45, 2.75) is 6.36 Å². The predicted molar refractivity (Wildman–Crippen MR) is 55.5 cm³/mol. The smallest absolute Gasteiger partial charge is 0.481 e. The molecule has 0 aliphatic carbocycles. The molecule has 0 fully saturated rings. The Morgan fingerprint density at radius 1 is 1.40 bits per heavy atom. The summed E-state index contributed by atoms with van der Waals surface area (Å²) in [7, 11) is 1.93. The normalized spacial score (nSPS) is 10.8. The van der Waals surface area contributed by atoms with Crippen LogP contribution in [0, 0.1) is 10.1 Å². The Labute approximate surface area is 109 Å². The van der Waals surface area contributed by atoms with E-state index in [0.717, 1.165) is 14.2 Å². The first-order valence-corrected chi connectivity index (χ1v) is 4.77. The van der Waals surface area contributed by atoms with Crippen LogP contribution in [0.2, 0.25) is 0 Å². The summed E-state index contributed by atoms with van der Waals surface area (Å²) in [4.78, 5) is 24.3. The fourth-order valence-corrected chi connectivity index (χ4v) is 1.19. The number of pyridine rings is 1. The minimum Gasteiger partial charge on any atom is -0.481 e. The fourth-order valence-electron chi connectivity index (χ4n) is 1.19. The average molecular weight is 296 g/mol. The van der Waals surface area contributed by atoms with Crippen molar-refractivity contribution in [2.24, 2.45) is 0 Å². The van der Waals surface area contributed by atoms with Gasteiger partial charge in [-0.15, -0.1) is 13.2 Å². The van der Waals surface area contributed by atoms with Crippen molar-refractivity contribution in [1.82, 2.24) is 4.98 Å². The topological polar surface area (TPSA) is 101 Å². The molecule has 0 saturated heterocycles. The van der Waals surface area contributed by atoms with E-state index in [4.69, 9.17) is 0 Å². The maximum absolute atomic E-state index is 12.3. The van der Waals surface area contributed by atoms with E-state index in [1.165, 1.54) is 0 Å². The first-order valence-electron chi connectivity index (χ1n) is 4.77. The van der Waals surface area contributed by atoms with E-state index in [9.17, 15) is 28.1 Å². The summed E-state index contributed by atoms with van der Waals surface area (Å²) in [5, 5.41) is 10.8. The van der Waals surface area contributed by atoms with Crippen LogP contribution < -0.4 is 9.47 Å². The zero-order chi connectivity index (χ0) is 15.5. The molecule has 0 spiro atoms. The highest BCUT2D eigenvalue weighted by atomic mass is 19.4. The number of nitrogens with zero attached hydrogens (tertiary/aromatic N) is 2. The van der Waals surface area contributed by atoms with Gasteiger partial charge in [-0.25, -0.2) is 9.78 Å². The SMILES string of the molecule is COC(=O)c1nc(OC)cc([N+](=O)[O-])c1OC(F)(F)F. The van der Waals surface area contributed by atoms with E-state index in [0.29, 0.717) is 6.07 Å². The number of aromatic nitrogens is 1. The van der Waals surface area contributed by atoms with E-state index in [1.54, 1.807) is 0 Å². The summed E-state index contributed by atoms with van der Waals surface area (Å²) in [5.74, 6) is -3.15. The Morgan fingerprint density at radius 2 is 2.00 bits per heavy atom. The van der Waals surface area contributed by atoms with Gasteiger partial charge >= 0.3 is 18.0 Å². The second kappa shape index (κ2) is 5.59. The maximum Gasteiger partial charge on any atom is 0.573 e. The van der Waals surface area contributed by atoms with E-state index in [1.807, 2.05) is 0 Å². The Balaban J connectivity index is 3.55. The van der Waals surface area contributed by atoms with Crippen molar-refractivity contribution in [2.75, 3.05) is 14.2 Å². The predicted octanol–water partition coefficient (Wildman–Crippen LogP) is 1.68. The van der Waals surface area contributed by atoms with E-state index < -0.39 is 40.3 Å². The molecule has 1 rings (SSSR count). The lowest BCUT2D eigenvalue weighted by atomic mass is 10.2. The number of rotatable bonds is 4. The number of carbonyl (C=O) groups excluding carboxylic acids is 1. The van der Waals surface area contributed by atoms with Gasteiger partial charge in [0.2, 0.25) is 17.3 Å². The maximum atomic E-state index is 12.3. The Morgan fingerprint density at radius 3 is 2.40 bits per heavy atom. The van der Waals surface area contributed by atoms with Crippen molar-refractivity contribution in [3.05, 3.63) is 21.9 Å². The molecule has 0 unspecified atom stereocenters. The van der Waals surface area contributed by atoms with Crippen LogP contribution in [-0.4, -0.2) is 36.5 Å². The standard InChI is InChI=1S/C9H7F3N2O6/c1-18-5-3-4(14(16)17)7(20-9(10,11)12)6(13-5)8(15)19-2/h3H,1-2H3. The van der Waals surface area contributed by atoms with Gasteiger partial charge in [0.15, 0.2) is 0 Å². The number of hydrogen-bond donors (Lipinski definition) is 0. The largest absolute Gasteiger partial charge is 0.573 e. The van der Waals surface area contributed by atoms with Crippen LogP contribution in [0.25, 0.3) is 0 Å². The number of alkyl halides is 3. The number of esters is 1. The molecule has 1 aromatic heterocycles. The lowest BCUT2D eigenvalue weighted by molar-refractivity contribution is -0.388. The minimum absolute atomic E-state index is 0.438. The van der Waals surface area contributed by atoms with Crippen LogP contribution in [0.3, 0.4) is 0 Å². The molecule has 0 aliphatic heterocycles. The number of hydrogen-bond acceptors (Lipinski definition) is 7. The number of carbonyl (C=O) groups is 1. The molecule has 0 atom stereocenters. The molecule has 1 aromatic rings. The zero-order valence-electron chi connectivity index (χ0n) is 10.1. The number of ether oxygens (including phenoxy) is 3. The van der Waals surface area contributed by atoms with Gasteiger partial charge in [0, 0.05) is 0 Å². The highest BCUT2D eigenvalue weighted by Crippen LogP contribution is 2.37. The zero-order valence-corrected chi connectivity index (χ0v) is 10.1. The molecule has 0 saturated carbocycles. The van der Waals surface area contributed by atoms with Crippen LogP contribution in [0.5, 0.6) is 11.6 Å². The molecular weight excluding hydrogens is 289 g/mol. The van der Waals surface area contributed by atoms with Gasteiger partial charge in [-0.05, 0) is 0 Å². The van der Waals surface area contributed by atoms with Crippen molar-refractivity contribution < 1.29 is 37.1 Å². The molecule has 0 N–H and O–H groups in total. The summed E-state index contributed by atoms with van der Waals surface area (Å²) in [6.07, 6.45) is -5.25. The summed E-state index contributed by atoms with van der Waals surface area (Å²) < 4.78 is 49.0. The first kappa shape index (κ1) is 15.5. The third kappa shape index (κ3) is 3.46. The molecule has 0 radical (unpaired) electrons. The van der Waals surface area contributed by atoms with Gasteiger partial charge in [-0.3, -0.25) is 10.1 Å². The minimum atomic E-state index is -5.25. The molecule has 0 aromatic carbocycles. The second-order valence-electron chi connectivity index (χ2n) is 3.16. The highest BCUT2D eigenvalue weighted by Gasteiger charge is 2.39. The van der Waals surface area contributed by atoms with Gasteiger partial charge in [-0.2, -0.15) is 0 Å². The molecule has 0 aliphatic rings. The molecule has 0 amide bonds. The summed E-state index contributed by atoms with van der Waals surface area (Å²) in [6.45, 7) is 0. The third-order valence-corrected chi connectivity index (χ3v) is 1.93. The second-order valence-corrected chi connectivity index (χ2v) is 3.16. The van der Waals surface area contributed by atoms with Crippen molar-refractivity contribution in [3.8, 4) is 11.6 Å². The highest BCUT2D eigenvalue weighted by molar-refractivity contribution is 5.92. The molecule has 20 heavy (non-hydrogen) atoms. The van der Waals surface area contributed by atoms with Gasteiger partial charge in [0.1, 0.15) is 0 Å². The summed E-state index contributed by atoms with van der Waals surface area (Å²) in [5.41, 5.74) is -2.15. The van der Waals surface area contributed by atoms with Crippen molar-refractivity contribution in [1.29, 1.82) is 0 Å². The van der Waals surface area contributed by atoms with Gasteiger partial charge < -0.3 is 14.2 Å². The van der Waals surface area contributed by atoms with E-state index >= 15 is 0 Å². The van der Waals surface area contributed by atoms with Gasteiger partial charge in [-0.1, -0.05) is 0 Å². The Kier molecular flexibility index (Phi) is 4.32. The molecule has 110 valence electrons. The van der Waals surface area contributed by atoms with Crippen LogP contribution in [-0.2, 0) is 4.74 Å².